The highest BCUT2D eigenvalue weighted by Gasteiger charge is 2.35. The van der Waals surface area contributed by atoms with Gasteiger partial charge in [-0.05, 0) is 23.8 Å². The summed E-state index contributed by atoms with van der Waals surface area (Å²) in [5, 5.41) is 12.0. The smallest absolute Gasteiger partial charge is 0.451 e. The molecule has 0 saturated heterocycles. The molecule has 0 unspecified atom stereocenters. The molecule has 0 atom stereocenters. The highest BCUT2D eigenvalue weighted by molar-refractivity contribution is 5.93. The highest BCUT2D eigenvalue weighted by Crippen LogP contribution is 2.37. The number of aromatic nitrogens is 2. The molecule has 0 bridgehead atoms. The van der Waals surface area contributed by atoms with Crippen molar-refractivity contribution >= 4 is 28.4 Å². The summed E-state index contributed by atoms with van der Waals surface area (Å²) in [6.07, 6.45) is -4.91. The number of alkyl halides is 3. The summed E-state index contributed by atoms with van der Waals surface area (Å²) in [6.45, 7) is 0. The summed E-state index contributed by atoms with van der Waals surface area (Å²) in [5.74, 6) is -1.82. The van der Waals surface area contributed by atoms with Gasteiger partial charge in [0, 0.05) is 17.1 Å². The Morgan fingerprint density at radius 2 is 1.69 bits per heavy atom. The first-order valence-corrected chi connectivity index (χ1v) is 8.30. The summed E-state index contributed by atoms with van der Waals surface area (Å²) < 4.78 is 50.2. The minimum absolute atomic E-state index is 0.0231. The summed E-state index contributed by atoms with van der Waals surface area (Å²) in [4.78, 5) is 18.0. The zero-order valence-corrected chi connectivity index (χ0v) is 15.4. The monoisotopic (exact) mass is 407 g/mol. The Kier molecular flexibility index (Phi) is 5.44. The van der Waals surface area contributed by atoms with Crippen molar-refractivity contribution in [2.75, 3.05) is 19.5 Å². The van der Waals surface area contributed by atoms with E-state index in [1.165, 1.54) is 26.4 Å². The number of nitrogens with zero attached hydrogens (tertiary/aromatic N) is 2. The van der Waals surface area contributed by atoms with Crippen LogP contribution in [0.1, 0.15) is 11.4 Å². The van der Waals surface area contributed by atoms with Gasteiger partial charge >= 0.3 is 12.1 Å². The number of nitrogens with one attached hydrogen (secondary N) is 1. The molecule has 0 saturated carbocycles. The van der Waals surface area contributed by atoms with Gasteiger partial charge in [-0.2, -0.15) is 13.2 Å². The van der Waals surface area contributed by atoms with Crippen molar-refractivity contribution in [3.63, 3.8) is 0 Å². The predicted molar refractivity (Wildman–Crippen MR) is 98.7 cm³/mol. The van der Waals surface area contributed by atoms with Crippen LogP contribution in [-0.4, -0.2) is 35.3 Å². The molecular weight excluding hydrogens is 391 g/mol. The Labute approximate surface area is 163 Å². The van der Waals surface area contributed by atoms with Crippen LogP contribution in [0.25, 0.3) is 10.9 Å². The van der Waals surface area contributed by atoms with Crippen LogP contribution < -0.4 is 14.8 Å². The largest absolute Gasteiger partial charge is 0.493 e. The summed E-state index contributed by atoms with van der Waals surface area (Å²) in [5.41, 5.74) is 1.01. The fourth-order valence-electron chi connectivity index (χ4n) is 2.69. The van der Waals surface area contributed by atoms with Gasteiger partial charge in [-0.1, -0.05) is 12.1 Å². The van der Waals surface area contributed by atoms with Gasteiger partial charge in [0.15, 0.2) is 11.5 Å². The Morgan fingerprint density at radius 3 is 2.24 bits per heavy atom. The Balaban J connectivity index is 2.10. The van der Waals surface area contributed by atoms with E-state index in [9.17, 15) is 18.0 Å². The van der Waals surface area contributed by atoms with E-state index in [2.05, 4.69) is 15.3 Å². The lowest BCUT2D eigenvalue weighted by atomic mass is 10.1. The van der Waals surface area contributed by atoms with Crippen LogP contribution in [0.15, 0.2) is 36.4 Å². The third kappa shape index (κ3) is 4.48. The number of methoxy groups -OCH3 is 2. The number of carbonyl (C=O) groups is 1. The minimum atomic E-state index is -4.75. The molecular formula is C19H16F3N3O4. The summed E-state index contributed by atoms with van der Waals surface area (Å²) in [7, 11) is 2.77. The van der Waals surface area contributed by atoms with Crippen LogP contribution in [0.3, 0.4) is 0 Å². The second-order valence-electron chi connectivity index (χ2n) is 6.01. The Bertz CT molecular complexity index is 1050. The number of hydrogen-bond acceptors (Lipinski definition) is 6. The molecule has 2 aromatic carbocycles. The molecule has 29 heavy (non-hydrogen) atoms. The van der Waals surface area contributed by atoms with Crippen LogP contribution >= 0.6 is 0 Å². The predicted octanol–water partition coefficient (Wildman–Crippen LogP) is 4.04. The molecule has 3 rings (SSSR count). The van der Waals surface area contributed by atoms with Crippen LogP contribution in [0.2, 0.25) is 0 Å². The van der Waals surface area contributed by atoms with E-state index in [0.29, 0.717) is 22.4 Å². The lowest BCUT2D eigenvalue weighted by Gasteiger charge is -2.15. The maximum atomic E-state index is 13.3. The average Bonchev–Trinajstić information content (AvgIpc) is 2.67. The number of aliphatic carboxylic acids is 1. The van der Waals surface area contributed by atoms with Crippen LogP contribution in [0, 0.1) is 0 Å². The average molecular weight is 407 g/mol. The lowest BCUT2D eigenvalue weighted by Crippen LogP contribution is -2.13. The Hall–Kier alpha value is -3.56. The van der Waals surface area contributed by atoms with Crippen LogP contribution in [-0.2, 0) is 17.4 Å². The van der Waals surface area contributed by atoms with E-state index < -0.39 is 18.0 Å². The first-order chi connectivity index (χ1) is 13.7. The van der Waals surface area contributed by atoms with Crippen molar-refractivity contribution < 1.29 is 32.5 Å². The maximum Gasteiger partial charge on any atom is 0.451 e. The Morgan fingerprint density at radius 1 is 1.07 bits per heavy atom. The molecule has 1 aromatic heterocycles. The molecule has 0 aliphatic rings. The van der Waals surface area contributed by atoms with Gasteiger partial charge in [-0.15, -0.1) is 0 Å². The normalized spacial score (nSPS) is 11.3. The standard InChI is InChI=1S/C19H16F3N3O4/c1-28-14-8-12-13(9-15(14)29-2)24-18(19(20,21)22)25-17(12)23-11-5-3-10(4-6-11)7-16(26)27/h3-6,8-9H,7H2,1-2H3,(H,26,27)(H,23,24,25). The molecule has 7 nitrogen and oxygen atoms in total. The number of anilines is 2. The van der Waals surface area contributed by atoms with E-state index in [1.807, 2.05) is 0 Å². The van der Waals surface area contributed by atoms with Crippen LogP contribution in [0.4, 0.5) is 24.7 Å². The molecule has 0 aliphatic heterocycles. The molecule has 2 N–H and O–H groups in total. The number of halogens is 3. The number of benzene rings is 2. The molecule has 10 heteroatoms. The molecule has 0 radical (unpaired) electrons. The molecule has 1 heterocycles. The minimum Gasteiger partial charge on any atom is -0.493 e. The number of hydrogen-bond donors (Lipinski definition) is 2. The first kappa shape index (κ1) is 20.2. The maximum absolute atomic E-state index is 13.3. The van der Waals surface area contributed by atoms with Crippen molar-refractivity contribution in [2.45, 2.75) is 12.6 Å². The molecule has 3 aromatic rings. The van der Waals surface area contributed by atoms with Gasteiger partial charge in [0.2, 0.25) is 5.82 Å². The number of rotatable bonds is 6. The van der Waals surface area contributed by atoms with Gasteiger partial charge in [-0.25, -0.2) is 9.97 Å². The molecule has 0 fully saturated rings. The van der Waals surface area contributed by atoms with E-state index in [4.69, 9.17) is 14.6 Å². The van der Waals surface area contributed by atoms with Crippen LogP contribution in [0.5, 0.6) is 11.5 Å². The molecule has 0 aliphatic carbocycles. The second-order valence-corrected chi connectivity index (χ2v) is 6.01. The first-order valence-electron chi connectivity index (χ1n) is 8.30. The highest BCUT2D eigenvalue weighted by atomic mass is 19.4. The lowest BCUT2D eigenvalue weighted by molar-refractivity contribution is -0.144. The van der Waals surface area contributed by atoms with Gasteiger partial charge in [-0.3, -0.25) is 4.79 Å². The van der Waals surface area contributed by atoms with Crippen molar-refractivity contribution in [2.24, 2.45) is 0 Å². The topological polar surface area (TPSA) is 93.6 Å². The summed E-state index contributed by atoms with van der Waals surface area (Å²) >= 11 is 0. The molecule has 0 spiro atoms. The number of fused-ring (bicyclic) bond motifs is 1. The zero-order valence-electron chi connectivity index (χ0n) is 15.4. The third-order valence-electron chi connectivity index (χ3n) is 4.03. The second kappa shape index (κ2) is 7.82. The van der Waals surface area contributed by atoms with E-state index >= 15 is 0 Å². The van der Waals surface area contributed by atoms with Crippen molar-refractivity contribution in [3.8, 4) is 11.5 Å². The molecule has 0 amide bonds. The van der Waals surface area contributed by atoms with E-state index in [-0.39, 0.29) is 23.5 Å². The van der Waals surface area contributed by atoms with E-state index in [1.54, 1.807) is 24.3 Å². The number of carboxylic acid groups (broad SMARTS) is 1. The van der Waals surface area contributed by atoms with Crippen molar-refractivity contribution in [1.29, 1.82) is 0 Å². The fourth-order valence-corrected chi connectivity index (χ4v) is 2.69. The molecule has 152 valence electrons. The van der Waals surface area contributed by atoms with E-state index in [0.717, 1.165) is 0 Å². The fraction of sp³-hybridized carbons (Fsp3) is 0.211. The van der Waals surface area contributed by atoms with Gasteiger partial charge in [0.25, 0.3) is 0 Å². The number of carboxylic acids is 1. The van der Waals surface area contributed by atoms with Gasteiger partial charge in [0.1, 0.15) is 5.82 Å². The van der Waals surface area contributed by atoms with Crippen molar-refractivity contribution in [3.05, 3.63) is 47.8 Å². The van der Waals surface area contributed by atoms with Gasteiger partial charge < -0.3 is 19.9 Å². The van der Waals surface area contributed by atoms with Gasteiger partial charge in [0.05, 0.1) is 26.2 Å². The third-order valence-corrected chi connectivity index (χ3v) is 4.03. The SMILES string of the molecule is COc1cc2nc(C(F)(F)F)nc(Nc3ccc(CC(=O)O)cc3)c2cc1OC. The zero-order chi connectivity index (χ0) is 21.2. The summed E-state index contributed by atoms with van der Waals surface area (Å²) in [6, 6.07) is 9.06. The van der Waals surface area contributed by atoms with Crippen molar-refractivity contribution in [1.82, 2.24) is 9.97 Å². The quantitative estimate of drug-likeness (QED) is 0.637. The number of ether oxygens (including phenoxy) is 2.